The van der Waals surface area contributed by atoms with Gasteiger partial charge in [0.25, 0.3) is 0 Å². The zero-order valence-electron chi connectivity index (χ0n) is 18.0. The van der Waals surface area contributed by atoms with E-state index in [1.165, 1.54) is 50.3 Å². The molecule has 0 aliphatic heterocycles. The second-order valence-corrected chi connectivity index (χ2v) is 8.56. The number of pyridine rings is 1. The van der Waals surface area contributed by atoms with E-state index in [-0.39, 0.29) is 0 Å². The van der Waals surface area contributed by atoms with Crippen LogP contribution in [0.15, 0.2) is 36.4 Å². The maximum atomic E-state index is 8.49. The molecule has 0 saturated heterocycles. The number of aryl methyl sites for hydroxylation is 5. The predicted molar refractivity (Wildman–Crippen MR) is 103 cm³/mol. The van der Waals surface area contributed by atoms with Gasteiger partial charge >= 0.3 is 0 Å². The van der Waals surface area contributed by atoms with E-state index in [2.05, 4.69) is 89.4 Å². The highest BCUT2D eigenvalue weighted by Gasteiger charge is 2.20. The van der Waals surface area contributed by atoms with Crippen molar-refractivity contribution in [3.05, 3.63) is 64.5 Å². The molecular formula is C23H28ClNO4. The van der Waals surface area contributed by atoms with E-state index in [4.69, 9.17) is 18.6 Å². The summed E-state index contributed by atoms with van der Waals surface area (Å²) >= 11 is 0. The van der Waals surface area contributed by atoms with Gasteiger partial charge in [-0.3, -0.25) is 0 Å². The highest BCUT2D eigenvalue weighted by atomic mass is 35.7. The van der Waals surface area contributed by atoms with Crippen LogP contribution in [0.3, 0.4) is 0 Å². The lowest BCUT2D eigenvalue weighted by Crippen LogP contribution is -2.68. The summed E-state index contributed by atoms with van der Waals surface area (Å²) in [7, 11) is -4.94. The highest BCUT2D eigenvalue weighted by Crippen LogP contribution is 2.39. The lowest BCUT2D eigenvalue weighted by atomic mass is 9.97. The lowest BCUT2D eigenvalue weighted by Gasteiger charge is -2.17. The third-order valence-corrected chi connectivity index (χ3v) is 4.98. The summed E-state index contributed by atoms with van der Waals surface area (Å²) in [6.45, 7) is 15.5. The largest absolute Gasteiger partial charge is 0.222 e. The van der Waals surface area contributed by atoms with Crippen molar-refractivity contribution in [2.75, 3.05) is 0 Å². The summed E-state index contributed by atoms with van der Waals surface area (Å²) in [6, 6.07) is 14.3. The van der Waals surface area contributed by atoms with Crippen molar-refractivity contribution in [2.45, 2.75) is 54.5 Å². The summed E-state index contributed by atoms with van der Waals surface area (Å²) in [5.41, 5.74) is 12.1. The molecule has 0 spiro atoms. The molecule has 156 valence electrons. The average molecular weight is 418 g/mol. The van der Waals surface area contributed by atoms with E-state index in [9.17, 15) is 0 Å². The summed E-state index contributed by atoms with van der Waals surface area (Å²) in [5, 5.41) is 0. The maximum Gasteiger partial charge on any atom is 0.179 e. The van der Waals surface area contributed by atoms with Gasteiger partial charge in [0.05, 0.1) is 0 Å². The number of nitrogens with zero attached hydrogens (tertiary/aromatic N) is 1. The summed E-state index contributed by atoms with van der Waals surface area (Å²) in [6.07, 6.45) is 0. The molecule has 5 nitrogen and oxygen atoms in total. The van der Waals surface area contributed by atoms with Gasteiger partial charge in [0.2, 0.25) is 0 Å². The van der Waals surface area contributed by atoms with Crippen LogP contribution in [0.5, 0.6) is 0 Å². The molecule has 6 heteroatoms. The van der Waals surface area contributed by atoms with Crippen molar-refractivity contribution in [3.63, 3.8) is 0 Å². The van der Waals surface area contributed by atoms with Crippen LogP contribution in [-0.2, 0) is 0 Å². The first-order valence-electron chi connectivity index (χ1n) is 9.45. The van der Waals surface area contributed by atoms with Crippen LogP contribution in [0, 0.1) is 44.9 Å². The van der Waals surface area contributed by atoms with E-state index in [0.29, 0.717) is 6.04 Å². The van der Waals surface area contributed by atoms with Gasteiger partial charge in [-0.2, -0.15) is 4.57 Å². The quantitative estimate of drug-likeness (QED) is 0.583. The van der Waals surface area contributed by atoms with E-state index >= 15 is 0 Å². The fourth-order valence-electron chi connectivity index (χ4n) is 4.23. The standard InChI is InChI=1S/C23H28N.ClHO4/c1-14(2)24-18(6)12-20(13-19(24)7)22-9-8-21-16(4)10-15(3)11-17(5)23(21)22;2-1(3,4)5/h8-14H,1-7H3;(H,2,3,4,5)/q+1;/p-1. The normalized spacial score (nSPS) is 11.6. The van der Waals surface area contributed by atoms with E-state index in [1.807, 2.05) is 0 Å². The van der Waals surface area contributed by atoms with Crippen LogP contribution in [0.2, 0.25) is 0 Å². The van der Waals surface area contributed by atoms with Crippen LogP contribution in [0.4, 0.5) is 0 Å². The number of fused-ring (bicyclic) bond motifs is 1. The smallest absolute Gasteiger partial charge is 0.179 e. The molecule has 0 atom stereocenters. The zero-order valence-corrected chi connectivity index (χ0v) is 18.8. The number of hydrogen-bond donors (Lipinski definition) is 0. The molecule has 0 fully saturated rings. The minimum Gasteiger partial charge on any atom is -0.222 e. The number of aromatic nitrogens is 1. The summed E-state index contributed by atoms with van der Waals surface area (Å²) in [5.74, 6) is 0. The molecule has 1 aromatic heterocycles. The van der Waals surface area contributed by atoms with Gasteiger partial charge in [0.15, 0.2) is 17.4 Å². The fraction of sp³-hybridized carbons (Fsp3) is 0.348. The molecule has 0 radical (unpaired) electrons. The molecule has 29 heavy (non-hydrogen) atoms. The SMILES string of the molecule is Cc1cc(C)c2ccc(-c3cc(C)[n+](C(C)C)c(C)c3)c-2c(C)c1.[O-][Cl+3]([O-])([O-])[O-]. The minimum atomic E-state index is -4.94. The molecule has 1 aromatic rings. The molecule has 1 heterocycles. The predicted octanol–water partition coefficient (Wildman–Crippen LogP) is 1.11. The topological polar surface area (TPSA) is 96.1 Å². The van der Waals surface area contributed by atoms with E-state index in [0.717, 1.165) is 0 Å². The zero-order chi connectivity index (χ0) is 22.1. The summed E-state index contributed by atoms with van der Waals surface area (Å²) < 4.78 is 36.4. The van der Waals surface area contributed by atoms with Crippen molar-refractivity contribution >= 4 is 0 Å². The Balaban J connectivity index is 0.000000537. The Bertz CT molecular complexity index is 964. The Kier molecular flexibility index (Phi) is 7.04. The van der Waals surface area contributed by atoms with Crippen molar-refractivity contribution < 1.29 is 33.4 Å². The van der Waals surface area contributed by atoms with Gasteiger partial charge in [-0.25, -0.2) is 18.6 Å². The van der Waals surface area contributed by atoms with Gasteiger partial charge in [0, 0.05) is 26.0 Å². The van der Waals surface area contributed by atoms with Crippen molar-refractivity contribution in [2.24, 2.45) is 0 Å². The van der Waals surface area contributed by atoms with Gasteiger partial charge in [-0.15, -0.1) is 10.2 Å². The Morgan fingerprint density at radius 2 is 1.17 bits per heavy atom. The Morgan fingerprint density at radius 3 is 1.66 bits per heavy atom. The molecule has 3 rings (SSSR count). The first-order chi connectivity index (χ1) is 13.3. The lowest BCUT2D eigenvalue weighted by molar-refractivity contribution is -2.00. The highest BCUT2D eigenvalue weighted by molar-refractivity contribution is 5.89. The molecule has 0 unspecified atom stereocenters. The average Bonchev–Trinajstić information content (AvgIpc) is 2.92. The monoisotopic (exact) mass is 417 g/mol. The number of halogens is 1. The second kappa shape index (κ2) is 8.78. The molecule has 0 aromatic carbocycles. The third-order valence-electron chi connectivity index (χ3n) is 4.98. The van der Waals surface area contributed by atoms with Gasteiger partial charge in [-0.05, 0) is 68.0 Å². The van der Waals surface area contributed by atoms with Gasteiger partial charge < -0.3 is 0 Å². The minimum absolute atomic E-state index is 0.486. The molecule has 0 amide bonds. The number of rotatable bonds is 2. The Hall–Kier alpha value is -2.02. The van der Waals surface area contributed by atoms with Crippen LogP contribution < -0.4 is 23.2 Å². The van der Waals surface area contributed by atoms with Crippen LogP contribution in [-0.4, -0.2) is 0 Å². The van der Waals surface area contributed by atoms with Gasteiger partial charge in [-0.1, -0.05) is 29.8 Å². The molecule has 2 aliphatic carbocycles. The second-order valence-electron chi connectivity index (χ2n) is 7.80. The van der Waals surface area contributed by atoms with Crippen LogP contribution >= 0.6 is 0 Å². The van der Waals surface area contributed by atoms with Crippen molar-refractivity contribution in [3.8, 4) is 22.3 Å². The third kappa shape index (κ3) is 5.75. The summed E-state index contributed by atoms with van der Waals surface area (Å²) in [4.78, 5) is 0. The Morgan fingerprint density at radius 1 is 0.724 bits per heavy atom. The number of hydrogen-bond acceptors (Lipinski definition) is 4. The molecular weight excluding hydrogens is 390 g/mol. The molecule has 0 N–H and O–H groups in total. The molecule has 0 bridgehead atoms. The fourth-order valence-corrected chi connectivity index (χ4v) is 4.23. The van der Waals surface area contributed by atoms with E-state index < -0.39 is 10.2 Å². The maximum absolute atomic E-state index is 8.49. The first-order valence-corrected chi connectivity index (χ1v) is 10.7. The van der Waals surface area contributed by atoms with Crippen molar-refractivity contribution in [1.82, 2.24) is 0 Å². The van der Waals surface area contributed by atoms with Crippen LogP contribution in [0.1, 0.15) is 48.0 Å². The van der Waals surface area contributed by atoms with Crippen molar-refractivity contribution in [1.29, 1.82) is 0 Å². The Labute approximate surface area is 175 Å². The first kappa shape index (κ1) is 23.3. The van der Waals surface area contributed by atoms with Crippen LogP contribution in [0.25, 0.3) is 22.3 Å². The van der Waals surface area contributed by atoms with Gasteiger partial charge in [0.1, 0.15) is 0 Å². The van der Waals surface area contributed by atoms with E-state index in [1.54, 1.807) is 0 Å². The molecule has 0 saturated carbocycles. The molecule has 2 aliphatic rings.